The van der Waals surface area contributed by atoms with Crippen LogP contribution in [0, 0.1) is 34.5 Å². The summed E-state index contributed by atoms with van der Waals surface area (Å²) in [7, 11) is 0. The molecule has 0 heteroatoms. The lowest BCUT2D eigenvalue weighted by molar-refractivity contribution is 0.234. The van der Waals surface area contributed by atoms with Crippen LogP contribution >= 0.6 is 0 Å². The Labute approximate surface area is 115 Å². The second-order valence-electron chi connectivity index (χ2n) is 9.54. The van der Waals surface area contributed by atoms with Crippen molar-refractivity contribution in [1.82, 2.24) is 0 Å². The van der Waals surface area contributed by atoms with E-state index in [0.29, 0.717) is 10.8 Å². The normalized spacial score (nSPS) is 37.0. The topological polar surface area (TPSA) is 0 Å². The Morgan fingerprint density at radius 1 is 0.722 bits per heavy atom. The predicted octanol–water partition coefficient (Wildman–Crippen LogP) is 5.91. The van der Waals surface area contributed by atoms with E-state index in [2.05, 4.69) is 41.5 Å². The minimum absolute atomic E-state index is 0.522. The second-order valence-corrected chi connectivity index (χ2v) is 9.54. The molecule has 18 heavy (non-hydrogen) atoms. The lowest BCUT2D eigenvalue weighted by Crippen LogP contribution is -2.18. The minimum atomic E-state index is 0.522. The minimum Gasteiger partial charge on any atom is -0.0602 e. The fraction of sp³-hybridized carbons (Fsp3) is 1.00. The van der Waals surface area contributed by atoms with E-state index in [4.69, 9.17) is 0 Å². The average Bonchev–Trinajstić information content (AvgIpc) is 2.66. The molecule has 4 unspecified atom stereocenters. The van der Waals surface area contributed by atoms with E-state index in [9.17, 15) is 0 Å². The van der Waals surface area contributed by atoms with Gasteiger partial charge < -0.3 is 0 Å². The molecule has 2 saturated carbocycles. The predicted molar refractivity (Wildman–Crippen MR) is 80.6 cm³/mol. The van der Waals surface area contributed by atoms with E-state index in [0.717, 1.165) is 23.7 Å². The Kier molecular flexibility index (Phi) is 3.87. The van der Waals surface area contributed by atoms with Gasteiger partial charge in [0.25, 0.3) is 0 Å². The molecule has 0 aromatic carbocycles. The average molecular weight is 250 g/mol. The molecule has 0 aromatic heterocycles. The summed E-state index contributed by atoms with van der Waals surface area (Å²) in [5.74, 6) is 4.22. The van der Waals surface area contributed by atoms with Crippen LogP contribution in [0.2, 0.25) is 0 Å². The highest BCUT2D eigenvalue weighted by Crippen LogP contribution is 2.56. The van der Waals surface area contributed by atoms with Crippen molar-refractivity contribution in [3.05, 3.63) is 0 Å². The van der Waals surface area contributed by atoms with Crippen LogP contribution < -0.4 is 0 Å². The van der Waals surface area contributed by atoms with Gasteiger partial charge in [-0.25, -0.2) is 0 Å². The molecule has 0 aromatic rings. The largest absolute Gasteiger partial charge is 0.0602 e. The van der Waals surface area contributed by atoms with Crippen LogP contribution in [0.15, 0.2) is 0 Å². The van der Waals surface area contributed by atoms with Gasteiger partial charge in [-0.3, -0.25) is 0 Å². The molecule has 2 aliphatic carbocycles. The van der Waals surface area contributed by atoms with Crippen LogP contribution in [-0.4, -0.2) is 0 Å². The summed E-state index contributed by atoms with van der Waals surface area (Å²) in [6.45, 7) is 14.5. The van der Waals surface area contributed by atoms with E-state index >= 15 is 0 Å². The number of hydrogen-bond donors (Lipinski definition) is 0. The summed E-state index contributed by atoms with van der Waals surface area (Å²) in [5, 5.41) is 0. The van der Waals surface area contributed by atoms with Crippen molar-refractivity contribution in [2.24, 2.45) is 34.5 Å². The highest BCUT2D eigenvalue weighted by molar-refractivity contribution is 4.96. The molecule has 2 rings (SSSR count). The molecule has 0 bridgehead atoms. The third kappa shape index (κ3) is 3.52. The number of hydrogen-bond acceptors (Lipinski definition) is 0. The van der Waals surface area contributed by atoms with Gasteiger partial charge >= 0.3 is 0 Å². The zero-order valence-electron chi connectivity index (χ0n) is 13.6. The van der Waals surface area contributed by atoms with Crippen molar-refractivity contribution in [3.8, 4) is 0 Å². The summed E-state index contributed by atoms with van der Waals surface area (Å²) in [4.78, 5) is 0. The van der Waals surface area contributed by atoms with E-state index < -0.39 is 0 Å². The number of rotatable bonds is 2. The SMILES string of the molecule is CC(C)(C)CC1CC(CC(C)(C)C)C2CCCC12. The maximum atomic E-state index is 2.42. The monoisotopic (exact) mass is 250 g/mol. The van der Waals surface area contributed by atoms with E-state index in [-0.39, 0.29) is 0 Å². The van der Waals surface area contributed by atoms with Gasteiger partial charge in [-0.2, -0.15) is 0 Å². The lowest BCUT2D eigenvalue weighted by Gasteiger charge is -2.27. The Morgan fingerprint density at radius 2 is 1.11 bits per heavy atom. The molecule has 2 aliphatic rings. The zero-order valence-corrected chi connectivity index (χ0v) is 13.6. The summed E-state index contributed by atoms with van der Waals surface area (Å²) in [5.41, 5.74) is 1.04. The van der Waals surface area contributed by atoms with Crippen molar-refractivity contribution < 1.29 is 0 Å². The summed E-state index contributed by atoms with van der Waals surface area (Å²) >= 11 is 0. The standard InChI is InChI=1S/C18H34/c1-17(2,3)11-13-10-14(12-18(4,5)6)16-9-7-8-15(13)16/h13-16H,7-12H2,1-6H3. The van der Waals surface area contributed by atoms with Crippen LogP contribution in [0.5, 0.6) is 0 Å². The summed E-state index contributed by atoms with van der Waals surface area (Å²) in [6, 6.07) is 0. The van der Waals surface area contributed by atoms with E-state index in [1.54, 1.807) is 0 Å². The van der Waals surface area contributed by atoms with Crippen molar-refractivity contribution in [1.29, 1.82) is 0 Å². The molecule has 0 saturated heterocycles. The van der Waals surface area contributed by atoms with Crippen LogP contribution in [0.3, 0.4) is 0 Å². The van der Waals surface area contributed by atoms with Crippen LogP contribution in [0.25, 0.3) is 0 Å². The first-order valence-electron chi connectivity index (χ1n) is 8.16. The first kappa shape index (κ1) is 14.4. The van der Waals surface area contributed by atoms with Gasteiger partial charge in [0.1, 0.15) is 0 Å². The Hall–Kier alpha value is 0. The van der Waals surface area contributed by atoms with Crippen molar-refractivity contribution >= 4 is 0 Å². The molecule has 0 N–H and O–H groups in total. The lowest BCUT2D eigenvalue weighted by atomic mass is 9.79. The third-order valence-electron chi connectivity index (χ3n) is 5.19. The Balaban J connectivity index is 2.03. The number of fused-ring (bicyclic) bond motifs is 1. The quantitative estimate of drug-likeness (QED) is 0.571. The molecule has 0 aliphatic heterocycles. The molecule has 4 atom stereocenters. The first-order chi connectivity index (χ1) is 8.16. The Bertz CT molecular complexity index is 247. The van der Waals surface area contributed by atoms with Gasteiger partial charge in [-0.15, -0.1) is 0 Å². The highest BCUT2D eigenvalue weighted by Gasteiger charge is 2.46. The highest BCUT2D eigenvalue weighted by atomic mass is 14.5. The van der Waals surface area contributed by atoms with Gasteiger partial charge in [0.15, 0.2) is 0 Å². The third-order valence-corrected chi connectivity index (χ3v) is 5.19. The van der Waals surface area contributed by atoms with Gasteiger partial charge in [0.05, 0.1) is 0 Å². The molecule has 0 amide bonds. The summed E-state index contributed by atoms with van der Waals surface area (Å²) in [6.07, 6.45) is 9.02. The van der Waals surface area contributed by atoms with Gasteiger partial charge in [-0.1, -0.05) is 48.0 Å². The van der Waals surface area contributed by atoms with E-state index in [1.807, 2.05) is 0 Å². The Morgan fingerprint density at radius 3 is 1.44 bits per heavy atom. The summed E-state index contributed by atoms with van der Waals surface area (Å²) < 4.78 is 0. The zero-order chi connectivity index (χ0) is 13.6. The van der Waals surface area contributed by atoms with Crippen molar-refractivity contribution in [3.63, 3.8) is 0 Å². The fourth-order valence-corrected chi connectivity index (χ4v) is 4.97. The molecular weight excluding hydrogens is 216 g/mol. The molecular formula is C18H34. The van der Waals surface area contributed by atoms with Crippen LogP contribution in [0.4, 0.5) is 0 Å². The first-order valence-corrected chi connectivity index (χ1v) is 8.16. The van der Waals surface area contributed by atoms with Gasteiger partial charge in [0, 0.05) is 0 Å². The molecule has 0 spiro atoms. The van der Waals surface area contributed by atoms with E-state index in [1.165, 1.54) is 38.5 Å². The van der Waals surface area contributed by atoms with Crippen LogP contribution in [-0.2, 0) is 0 Å². The maximum absolute atomic E-state index is 2.42. The maximum Gasteiger partial charge on any atom is -0.0354 e. The second kappa shape index (κ2) is 4.84. The fourth-order valence-electron chi connectivity index (χ4n) is 4.97. The van der Waals surface area contributed by atoms with Crippen molar-refractivity contribution in [2.75, 3.05) is 0 Å². The molecule has 0 radical (unpaired) electrons. The smallest absolute Gasteiger partial charge is 0.0354 e. The molecule has 106 valence electrons. The van der Waals surface area contributed by atoms with Crippen LogP contribution in [0.1, 0.15) is 80.1 Å². The van der Waals surface area contributed by atoms with Gasteiger partial charge in [0.2, 0.25) is 0 Å². The molecule has 0 heterocycles. The molecule has 2 fully saturated rings. The van der Waals surface area contributed by atoms with Crippen molar-refractivity contribution in [2.45, 2.75) is 80.1 Å². The molecule has 0 nitrogen and oxygen atoms in total. The van der Waals surface area contributed by atoms with Gasteiger partial charge in [-0.05, 0) is 66.6 Å².